The van der Waals surface area contributed by atoms with Crippen LogP contribution in [0.15, 0.2) is 18.2 Å². The zero-order valence-electron chi connectivity index (χ0n) is 13.9. The highest BCUT2D eigenvalue weighted by molar-refractivity contribution is 5.55. The number of likely N-dealkylation sites (N-methyl/N-ethyl adjacent to an activating group) is 1. The molecule has 1 N–H and O–H groups in total. The molecule has 112 valence electrons. The molecule has 2 heteroatoms. The summed E-state index contributed by atoms with van der Waals surface area (Å²) >= 11 is 0. The zero-order chi connectivity index (χ0) is 14.9. The molecule has 2 rings (SSSR count). The van der Waals surface area contributed by atoms with Crippen LogP contribution in [0.25, 0.3) is 0 Å². The van der Waals surface area contributed by atoms with Gasteiger partial charge >= 0.3 is 0 Å². The third-order valence-electron chi connectivity index (χ3n) is 4.61. The Balaban J connectivity index is 2.19. The average Bonchev–Trinajstić information content (AvgIpc) is 2.68. The molecular weight excluding hydrogens is 244 g/mol. The van der Waals surface area contributed by atoms with Gasteiger partial charge in [0, 0.05) is 24.3 Å². The van der Waals surface area contributed by atoms with Gasteiger partial charge in [-0.05, 0) is 49.4 Å². The molecule has 0 radical (unpaired) electrons. The summed E-state index contributed by atoms with van der Waals surface area (Å²) in [5, 5.41) is 3.78. The van der Waals surface area contributed by atoms with Gasteiger partial charge < -0.3 is 10.2 Å². The molecule has 20 heavy (non-hydrogen) atoms. The summed E-state index contributed by atoms with van der Waals surface area (Å²) in [4.78, 5) is 2.44. The largest absolute Gasteiger partial charge is 0.381 e. The van der Waals surface area contributed by atoms with E-state index < -0.39 is 0 Å². The molecule has 1 aromatic carbocycles. The lowest BCUT2D eigenvalue weighted by Gasteiger charge is -2.21. The Kier molecular flexibility index (Phi) is 4.74. The first-order chi connectivity index (χ1) is 9.38. The third kappa shape index (κ3) is 3.35. The van der Waals surface area contributed by atoms with Gasteiger partial charge in [-0.25, -0.2) is 0 Å². The molecule has 1 saturated heterocycles. The molecule has 1 heterocycles. The van der Waals surface area contributed by atoms with Crippen LogP contribution in [-0.4, -0.2) is 30.6 Å². The van der Waals surface area contributed by atoms with Crippen molar-refractivity contribution < 1.29 is 0 Å². The summed E-state index contributed by atoms with van der Waals surface area (Å²) in [5.74, 6) is 1.16. The maximum Gasteiger partial charge on any atom is 0.0403 e. The molecule has 0 aromatic heterocycles. The van der Waals surface area contributed by atoms with Crippen molar-refractivity contribution in [3.8, 4) is 0 Å². The van der Waals surface area contributed by atoms with Crippen LogP contribution in [0, 0.1) is 0 Å². The Morgan fingerprint density at radius 2 is 1.85 bits per heavy atom. The van der Waals surface area contributed by atoms with Crippen molar-refractivity contribution in [2.75, 3.05) is 18.9 Å². The Morgan fingerprint density at radius 3 is 2.35 bits per heavy atom. The van der Waals surface area contributed by atoms with Crippen LogP contribution in [0.4, 0.5) is 5.69 Å². The predicted molar refractivity (Wildman–Crippen MR) is 88.7 cm³/mol. The lowest BCUT2D eigenvalue weighted by molar-refractivity contribution is 0.330. The summed E-state index contributed by atoms with van der Waals surface area (Å²) in [6.45, 7) is 12.6. The Morgan fingerprint density at radius 1 is 1.15 bits per heavy atom. The van der Waals surface area contributed by atoms with Crippen molar-refractivity contribution >= 4 is 5.69 Å². The normalized spacial score (nSPS) is 23.8. The van der Waals surface area contributed by atoms with E-state index in [9.17, 15) is 0 Å². The second kappa shape index (κ2) is 6.17. The summed E-state index contributed by atoms with van der Waals surface area (Å²) in [6.07, 6.45) is 1.24. The highest BCUT2D eigenvalue weighted by Gasteiger charge is 2.26. The maximum absolute atomic E-state index is 3.78. The Labute approximate surface area is 124 Å². The molecule has 1 aromatic rings. The third-order valence-corrected chi connectivity index (χ3v) is 4.61. The van der Waals surface area contributed by atoms with Crippen LogP contribution in [0.1, 0.15) is 64.0 Å². The standard InChI is InChI=1S/C18H30N2/c1-12(2)15-7-8-18(17(10-15)13(3)4)19-16-9-14(5)20(6)11-16/h7-8,10,12-14,16,19H,9,11H2,1-6H3. The maximum atomic E-state index is 3.78. The smallest absolute Gasteiger partial charge is 0.0403 e. The van der Waals surface area contributed by atoms with Crippen LogP contribution in [-0.2, 0) is 0 Å². The number of nitrogens with zero attached hydrogens (tertiary/aromatic N) is 1. The summed E-state index contributed by atoms with van der Waals surface area (Å²) in [6, 6.07) is 8.22. The fourth-order valence-corrected chi connectivity index (χ4v) is 3.07. The first-order valence-electron chi connectivity index (χ1n) is 7.99. The van der Waals surface area contributed by atoms with Crippen molar-refractivity contribution in [2.45, 2.75) is 65.0 Å². The van der Waals surface area contributed by atoms with Crippen molar-refractivity contribution in [1.29, 1.82) is 0 Å². The monoisotopic (exact) mass is 274 g/mol. The molecule has 1 aliphatic heterocycles. The molecule has 1 fully saturated rings. The average molecular weight is 274 g/mol. The number of nitrogens with one attached hydrogen (secondary N) is 1. The topological polar surface area (TPSA) is 15.3 Å². The van der Waals surface area contributed by atoms with Gasteiger partial charge in [0.05, 0.1) is 0 Å². The number of hydrogen-bond donors (Lipinski definition) is 1. The molecular formula is C18H30N2. The number of benzene rings is 1. The molecule has 0 saturated carbocycles. The van der Waals surface area contributed by atoms with E-state index >= 15 is 0 Å². The minimum absolute atomic E-state index is 0.563. The second-order valence-corrected chi connectivity index (χ2v) is 7.02. The SMILES string of the molecule is CC(C)c1ccc(NC2CC(C)N(C)C2)c(C(C)C)c1. The fourth-order valence-electron chi connectivity index (χ4n) is 3.07. The molecule has 0 spiro atoms. The molecule has 2 nitrogen and oxygen atoms in total. The quantitative estimate of drug-likeness (QED) is 0.873. The first kappa shape index (κ1) is 15.4. The van der Waals surface area contributed by atoms with E-state index in [-0.39, 0.29) is 0 Å². The Bertz CT molecular complexity index is 441. The van der Waals surface area contributed by atoms with E-state index in [2.05, 4.69) is 70.1 Å². The lowest BCUT2D eigenvalue weighted by Crippen LogP contribution is -2.25. The van der Waals surface area contributed by atoms with Gasteiger partial charge in [-0.15, -0.1) is 0 Å². The van der Waals surface area contributed by atoms with Crippen LogP contribution in [0.5, 0.6) is 0 Å². The van der Waals surface area contributed by atoms with Crippen molar-refractivity contribution in [2.24, 2.45) is 0 Å². The van der Waals surface area contributed by atoms with Crippen molar-refractivity contribution in [1.82, 2.24) is 4.90 Å². The molecule has 2 atom stereocenters. The predicted octanol–water partition coefficient (Wildman–Crippen LogP) is 4.44. The number of hydrogen-bond acceptors (Lipinski definition) is 2. The minimum Gasteiger partial charge on any atom is -0.381 e. The van der Waals surface area contributed by atoms with Gasteiger partial charge in [-0.1, -0.05) is 39.8 Å². The molecule has 0 aliphatic carbocycles. The van der Waals surface area contributed by atoms with Gasteiger partial charge in [0.1, 0.15) is 0 Å². The van der Waals surface area contributed by atoms with Gasteiger partial charge in [-0.3, -0.25) is 0 Å². The van der Waals surface area contributed by atoms with Crippen molar-refractivity contribution in [3.05, 3.63) is 29.3 Å². The highest BCUT2D eigenvalue weighted by Crippen LogP contribution is 2.30. The molecule has 1 aliphatic rings. The molecule has 0 amide bonds. The number of likely N-dealkylation sites (tertiary alicyclic amines) is 1. The lowest BCUT2D eigenvalue weighted by atomic mass is 9.94. The van der Waals surface area contributed by atoms with E-state index in [1.807, 2.05) is 0 Å². The fraction of sp³-hybridized carbons (Fsp3) is 0.667. The molecule has 0 bridgehead atoms. The van der Waals surface area contributed by atoms with E-state index in [0.717, 1.165) is 6.54 Å². The summed E-state index contributed by atoms with van der Waals surface area (Å²) in [5.41, 5.74) is 4.23. The van der Waals surface area contributed by atoms with Crippen LogP contribution >= 0.6 is 0 Å². The van der Waals surface area contributed by atoms with Gasteiger partial charge in [0.2, 0.25) is 0 Å². The van der Waals surface area contributed by atoms with Gasteiger partial charge in [0.15, 0.2) is 0 Å². The summed E-state index contributed by atoms with van der Waals surface area (Å²) < 4.78 is 0. The first-order valence-corrected chi connectivity index (χ1v) is 7.99. The van der Waals surface area contributed by atoms with E-state index in [1.54, 1.807) is 0 Å². The van der Waals surface area contributed by atoms with Crippen LogP contribution in [0.2, 0.25) is 0 Å². The molecule has 2 unspecified atom stereocenters. The van der Waals surface area contributed by atoms with Gasteiger partial charge in [0.25, 0.3) is 0 Å². The van der Waals surface area contributed by atoms with E-state index in [1.165, 1.54) is 23.2 Å². The van der Waals surface area contributed by atoms with Crippen LogP contribution < -0.4 is 5.32 Å². The number of rotatable bonds is 4. The minimum atomic E-state index is 0.563. The van der Waals surface area contributed by atoms with E-state index in [0.29, 0.717) is 23.9 Å². The van der Waals surface area contributed by atoms with Crippen LogP contribution in [0.3, 0.4) is 0 Å². The van der Waals surface area contributed by atoms with Gasteiger partial charge in [-0.2, -0.15) is 0 Å². The second-order valence-electron chi connectivity index (χ2n) is 7.02. The Hall–Kier alpha value is -1.02. The van der Waals surface area contributed by atoms with E-state index in [4.69, 9.17) is 0 Å². The highest BCUT2D eigenvalue weighted by atomic mass is 15.2. The number of anilines is 1. The van der Waals surface area contributed by atoms with Crippen molar-refractivity contribution in [3.63, 3.8) is 0 Å². The zero-order valence-corrected chi connectivity index (χ0v) is 13.9. The summed E-state index contributed by atoms with van der Waals surface area (Å²) in [7, 11) is 2.22.